The quantitative estimate of drug-likeness (QED) is 0.166. The summed E-state index contributed by atoms with van der Waals surface area (Å²) in [6.07, 6.45) is 0. The molecule has 5 rings (SSSR count). The SMILES string of the molecule is Cc1cc(/C(O)=C2\C(=O)C(=O)N(c3ccc(N(C)C)cc3)C2c2ccccc2C)ccc1OCc1ccccc1. The summed E-state index contributed by atoms with van der Waals surface area (Å²) in [5.74, 6) is -0.926. The van der Waals surface area contributed by atoms with Crippen LogP contribution in [0.25, 0.3) is 5.76 Å². The molecule has 0 aliphatic carbocycles. The van der Waals surface area contributed by atoms with Crippen molar-refractivity contribution >= 4 is 28.8 Å². The zero-order valence-corrected chi connectivity index (χ0v) is 23.1. The Morgan fingerprint density at radius 2 is 1.52 bits per heavy atom. The Labute approximate surface area is 234 Å². The van der Waals surface area contributed by atoms with E-state index in [-0.39, 0.29) is 11.3 Å². The second-order valence-electron chi connectivity index (χ2n) is 10.2. The number of anilines is 2. The van der Waals surface area contributed by atoms with Gasteiger partial charge in [0.05, 0.1) is 11.6 Å². The number of carbonyl (C=O) groups excluding carboxylic acids is 2. The van der Waals surface area contributed by atoms with Gasteiger partial charge in [0.1, 0.15) is 18.1 Å². The average molecular weight is 533 g/mol. The van der Waals surface area contributed by atoms with Gasteiger partial charge in [-0.1, -0.05) is 54.6 Å². The summed E-state index contributed by atoms with van der Waals surface area (Å²) in [4.78, 5) is 30.5. The minimum Gasteiger partial charge on any atom is -0.507 e. The number of ketones is 1. The number of aliphatic hydroxyl groups excluding tert-OH is 1. The fourth-order valence-electron chi connectivity index (χ4n) is 5.05. The number of carbonyl (C=O) groups is 2. The normalized spacial score (nSPS) is 16.3. The molecule has 0 spiro atoms. The van der Waals surface area contributed by atoms with Crippen molar-refractivity contribution in [3.8, 4) is 5.75 Å². The molecule has 0 aromatic heterocycles. The zero-order valence-electron chi connectivity index (χ0n) is 23.1. The van der Waals surface area contributed by atoms with Gasteiger partial charge in [0, 0.05) is 31.0 Å². The number of ether oxygens (including phenoxy) is 1. The van der Waals surface area contributed by atoms with Gasteiger partial charge in [-0.2, -0.15) is 0 Å². The molecule has 40 heavy (non-hydrogen) atoms. The number of benzene rings is 4. The van der Waals surface area contributed by atoms with E-state index in [1.165, 1.54) is 4.90 Å². The Morgan fingerprint density at radius 1 is 0.850 bits per heavy atom. The largest absolute Gasteiger partial charge is 0.507 e. The molecule has 1 saturated heterocycles. The Hall–Kier alpha value is -4.84. The van der Waals surface area contributed by atoms with E-state index in [0.717, 1.165) is 27.9 Å². The molecular weight excluding hydrogens is 500 g/mol. The number of hydrogen-bond acceptors (Lipinski definition) is 5. The van der Waals surface area contributed by atoms with Crippen LogP contribution in [0.2, 0.25) is 0 Å². The second kappa shape index (κ2) is 11.1. The molecular formula is C34H32N2O4. The van der Waals surface area contributed by atoms with Crippen LogP contribution in [0.5, 0.6) is 5.75 Å². The van der Waals surface area contributed by atoms with Crippen molar-refractivity contribution in [1.29, 1.82) is 0 Å². The molecule has 1 aliphatic heterocycles. The van der Waals surface area contributed by atoms with Crippen LogP contribution < -0.4 is 14.5 Å². The molecule has 1 heterocycles. The van der Waals surface area contributed by atoms with Crippen LogP contribution in [0.4, 0.5) is 11.4 Å². The molecule has 1 unspecified atom stereocenters. The highest BCUT2D eigenvalue weighted by Gasteiger charge is 2.47. The Balaban J connectivity index is 1.56. The number of aliphatic hydroxyl groups is 1. The van der Waals surface area contributed by atoms with Gasteiger partial charge in [-0.05, 0) is 78.6 Å². The lowest BCUT2D eigenvalue weighted by atomic mass is 9.92. The van der Waals surface area contributed by atoms with Crippen molar-refractivity contribution in [2.24, 2.45) is 0 Å². The van der Waals surface area contributed by atoms with Crippen molar-refractivity contribution in [3.05, 3.63) is 130 Å². The minimum atomic E-state index is -0.777. The maximum Gasteiger partial charge on any atom is 0.300 e. The molecule has 6 nitrogen and oxygen atoms in total. The number of amides is 1. The highest BCUT2D eigenvalue weighted by molar-refractivity contribution is 6.51. The third-order valence-electron chi connectivity index (χ3n) is 7.26. The van der Waals surface area contributed by atoms with E-state index in [1.807, 2.05) is 112 Å². The van der Waals surface area contributed by atoms with Gasteiger partial charge in [-0.15, -0.1) is 0 Å². The Bertz CT molecular complexity index is 1590. The molecule has 1 N–H and O–H groups in total. The molecule has 1 atom stereocenters. The Morgan fingerprint density at radius 3 is 2.17 bits per heavy atom. The molecule has 0 bridgehead atoms. The molecule has 4 aromatic carbocycles. The summed E-state index contributed by atoms with van der Waals surface area (Å²) in [7, 11) is 3.88. The zero-order chi connectivity index (χ0) is 28.4. The number of Topliss-reactive ketones (excluding diaryl/α,β-unsaturated/α-hetero) is 1. The van der Waals surface area contributed by atoms with Gasteiger partial charge < -0.3 is 14.7 Å². The lowest BCUT2D eigenvalue weighted by Crippen LogP contribution is -2.29. The van der Waals surface area contributed by atoms with Crippen LogP contribution in [-0.4, -0.2) is 30.9 Å². The summed E-state index contributed by atoms with van der Waals surface area (Å²) in [5, 5.41) is 11.6. The summed E-state index contributed by atoms with van der Waals surface area (Å²) in [6.45, 7) is 4.24. The van der Waals surface area contributed by atoms with Gasteiger partial charge in [0.2, 0.25) is 0 Å². The predicted molar refractivity (Wildman–Crippen MR) is 159 cm³/mol. The van der Waals surface area contributed by atoms with Crippen molar-refractivity contribution < 1.29 is 19.4 Å². The summed E-state index contributed by atoms with van der Waals surface area (Å²) in [6, 6.07) is 29.5. The first kappa shape index (κ1) is 26.8. The summed E-state index contributed by atoms with van der Waals surface area (Å²) >= 11 is 0. The van der Waals surface area contributed by atoms with Crippen LogP contribution >= 0.6 is 0 Å². The number of nitrogens with zero attached hydrogens (tertiary/aromatic N) is 2. The molecule has 1 aliphatic rings. The van der Waals surface area contributed by atoms with Crippen LogP contribution in [0, 0.1) is 13.8 Å². The fourth-order valence-corrected chi connectivity index (χ4v) is 5.05. The average Bonchev–Trinajstić information content (AvgIpc) is 3.22. The van der Waals surface area contributed by atoms with Crippen LogP contribution in [0.3, 0.4) is 0 Å². The van der Waals surface area contributed by atoms with E-state index in [0.29, 0.717) is 23.6 Å². The maximum atomic E-state index is 13.5. The standard InChI is InChI=1S/C34H32N2O4/c1-22-10-8-9-13-28(22)31-30(33(38)34(39)36(31)27-17-15-26(16-18-27)35(3)4)32(37)25-14-19-29(23(2)20-25)40-21-24-11-6-5-7-12-24/h5-20,31,37H,21H2,1-4H3/b32-30+. The van der Waals surface area contributed by atoms with E-state index in [9.17, 15) is 14.7 Å². The third kappa shape index (κ3) is 5.08. The number of hydrogen-bond donors (Lipinski definition) is 1. The smallest absolute Gasteiger partial charge is 0.300 e. The van der Waals surface area contributed by atoms with Gasteiger partial charge in [-0.25, -0.2) is 0 Å². The second-order valence-corrected chi connectivity index (χ2v) is 10.2. The topological polar surface area (TPSA) is 70.1 Å². The molecule has 4 aromatic rings. The number of aryl methyl sites for hydroxylation is 2. The van der Waals surface area contributed by atoms with Crippen molar-refractivity contribution in [3.63, 3.8) is 0 Å². The number of rotatable bonds is 7. The van der Waals surface area contributed by atoms with Crippen LogP contribution in [0.15, 0.2) is 103 Å². The first-order chi connectivity index (χ1) is 19.3. The van der Waals surface area contributed by atoms with Gasteiger partial charge in [0.25, 0.3) is 11.7 Å². The highest BCUT2D eigenvalue weighted by atomic mass is 16.5. The molecule has 0 saturated carbocycles. The lowest BCUT2D eigenvalue weighted by molar-refractivity contribution is -0.132. The van der Waals surface area contributed by atoms with E-state index in [4.69, 9.17) is 4.74 Å². The molecule has 1 fully saturated rings. The molecule has 0 radical (unpaired) electrons. The monoisotopic (exact) mass is 532 g/mol. The first-order valence-corrected chi connectivity index (χ1v) is 13.2. The van der Waals surface area contributed by atoms with Gasteiger partial charge in [0.15, 0.2) is 0 Å². The van der Waals surface area contributed by atoms with Crippen molar-refractivity contribution in [1.82, 2.24) is 0 Å². The van der Waals surface area contributed by atoms with Crippen LogP contribution in [-0.2, 0) is 16.2 Å². The predicted octanol–water partition coefficient (Wildman–Crippen LogP) is 6.57. The van der Waals surface area contributed by atoms with E-state index in [1.54, 1.807) is 18.2 Å². The minimum absolute atomic E-state index is 0.0633. The Kier molecular flexibility index (Phi) is 7.43. The van der Waals surface area contributed by atoms with Crippen LogP contribution in [0.1, 0.15) is 33.9 Å². The maximum absolute atomic E-state index is 13.5. The highest BCUT2D eigenvalue weighted by Crippen LogP contribution is 2.43. The lowest BCUT2D eigenvalue weighted by Gasteiger charge is -2.27. The first-order valence-electron chi connectivity index (χ1n) is 13.2. The third-order valence-corrected chi connectivity index (χ3v) is 7.26. The van der Waals surface area contributed by atoms with E-state index >= 15 is 0 Å². The van der Waals surface area contributed by atoms with E-state index in [2.05, 4.69) is 0 Å². The van der Waals surface area contributed by atoms with Crippen molar-refractivity contribution in [2.75, 3.05) is 23.9 Å². The fraction of sp³-hybridized carbons (Fsp3) is 0.176. The van der Waals surface area contributed by atoms with Gasteiger partial charge >= 0.3 is 0 Å². The molecule has 6 heteroatoms. The summed E-state index contributed by atoms with van der Waals surface area (Å²) in [5.41, 5.74) is 5.61. The van der Waals surface area contributed by atoms with Crippen molar-refractivity contribution in [2.45, 2.75) is 26.5 Å². The molecule has 1 amide bonds. The molecule has 202 valence electrons. The summed E-state index contributed by atoms with van der Waals surface area (Å²) < 4.78 is 6.00. The van der Waals surface area contributed by atoms with E-state index < -0.39 is 17.7 Å². The van der Waals surface area contributed by atoms with Gasteiger partial charge in [-0.3, -0.25) is 14.5 Å².